The van der Waals surface area contributed by atoms with Crippen LogP contribution in [0.15, 0.2) is 40.4 Å². The van der Waals surface area contributed by atoms with E-state index in [4.69, 9.17) is 37.4 Å². The summed E-state index contributed by atoms with van der Waals surface area (Å²) in [4.78, 5) is 65.8. The number of methoxy groups -OCH3 is 1. The number of rotatable bonds is 10. The van der Waals surface area contributed by atoms with Crippen molar-refractivity contribution >= 4 is 69.1 Å². The highest BCUT2D eigenvalue weighted by atomic mass is 79.9. The molecule has 0 radical (unpaired) electrons. The van der Waals surface area contributed by atoms with Gasteiger partial charge in [0.25, 0.3) is 5.91 Å². The van der Waals surface area contributed by atoms with E-state index in [1.54, 1.807) is 24.3 Å². The van der Waals surface area contributed by atoms with Gasteiger partial charge in [-0.2, -0.15) is 0 Å². The summed E-state index contributed by atoms with van der Waals surface area (Å²) in [6, 6.07) is 4.80. The summed E-state index contributed by atoms with van der Waals surface area (Å²) in [6.45, 7) is 0.520. The molecule has 3 N–H and O–H groups in total. The van der Waals surface area contributed by atoms with Gasteiger partial charge in [-0.3, -0.25) is 9.59 Å². The van der Waals surface area contributed by atoms with Crippen molar-refractivity contribution < 1.29 is 38.2 Å². The number of hydrogen-bond donors (Lipinski definition) is 3. The minimum atomic E-state index is -1.23. The molecular formula is C26H31BrCl2N4O8. The van der Waals surface area contributed by atoms with Crippen molar-refractivity contribution in [3.63, 3.8) is 0 Å². The molecule has 0 spiro atoms. The maximum absolute atomic E-state index is 13.7. The molecule has 1 saturated heterocycles. The summed E-state index contributed by atoms with van der Waals surface area (Å²) in [5, 5.41) is 7.72. The predicted molar refractivity (Wildman–Crippen MR) is 153 cm³/mol. The molecule has 1 fully saturated rings. The van der Waals surface area contributed by atoms with Gasteiger partial charge in [0.05, 0.1) is 18.7 Å². The lowest BCUT2D eigenvalue weighted by molar-refractivity contribution is -0.150. The first-order chi connectivity index (χ1) is 19.7. The molecule has 1 heterocycles. The number of hydrogen-bond acceptors (Lipinski definition) is 8. The first kappa shape index (κ1) is 32.5. The zero-order valence-corrected chi connectivity index (χ0v) is 25.3. The zero-order chi connectivity index (χ0) is 29.9. The molecule has 0 saturated carbocycles. The molecule has 3 rings (SSSR count). The molecule has 1 aromatic rings. The molecule has 4 amide bonds. The van der Waals surface area contributed by atoms with Gasteiger partial charge in [0, 0.05) is 47.9 Å². The molecule has 224 valence electrons. The molecule has 1 aliphatic heterocycles. The van der Waals surface area contributed by atoms with Crippen LogP contribution in [0.2, 0.25) is 0 Å². The first-order valence-corrected chi connectivity index (χ1v) is 14.7. The topological polar surface area (TPSA) is 152 Å². The Hall–Kier alpha value is -3.03. The minimum Gasteiger partial charge on any atom is -0.467 e. The van der Waals surface area contributed by atoms with E-state index < -0.39 is 54.3 Å². The van der Waals surface area contributed by atoms with Gasteiger partial charge in [-0.1, -0.05) is 12.1 Å². The second-order valence-corrected chi connectivity index (χ2v) is 10.7. The third-order valence-corrected chi connectivity index (χ3v) is 7.50. The van der Waals surface area contributed by atoms with Gasteiger partial charge in [0.1, 0.15) is 12.1 Å². The Morgan fingerprint density at radius 3 is 2.32 bits per heavy atom. The van der Waals surface area contributed by atoms with E-state index in [2.05, 4.69) is 31.9 Å². The van der Waals surface area contributed by atoms with E-state index in [0.717, 1.165) is 0 Å². The second-order valence-electron chi connectivity index (χ2n) is 9.10. The van der Waals surface area contributed by atoms with Gasteiger partial charge in [0.2, 0.25) is 5.91 Å². The first-order valence-electron chi connectivity index (χ1n) is 12.9. The number of esters is 1. The highest BCUT2D eigenvalue weighted by Crippen LogP contribution is 2.30. The van der Waals surface area contributed by atoms with Gasteiger partial charge >= 0.3 is 18.2 Å². The van der Waals surface area contributed by atoms with Crippen LogP contribution in [0.25, 0.3) is 0 Å². The molecule has 0 bridgehead atoms. The number of alkyl carbamates (subject to hydrolysis) is 2. The lowest BCUT2D eigenvalue weighted by atomic mass is 9.89. The Kier molecular flexibility index (Phi) is 12.5. The van der Waals surface area contributed by atoms with Crippen LogP contribution in [0.5, 0.6) is 0 Å². The van der Waals surface area contributed by atoms with E-state index >= 15 is 0 Å². The van der Waals surface area contributed by atoms with Crippen LogP contribution < -0.4 is 16.0 Å². The Balaban J connectivity index is 1.99. The fourth-order valence-electron chi connectivity index (χ4n) is 4.58. The van der Waals surface area contributed by atoms with Crippen molar-refractivity contribution in [2.24, 2.45) is 0 Å². The molecule has 4 unspecified atom stereocenters. The monoisotopic (exact) mass is 676 g/mol. The van der Waals surface area contributed by atoms with Gasteiger partial charge in [-0.15, -0.1) is 23.2 Å². The van der Waals surface area contributed by atoms with Crippen LogP contribution >= 0.6 is 39.1 Å². The lowest BCUT2D eigenvalue weighted by Crippen LogP contribution is -2.55. The summed E-state index contributed by atoms with van der Waals surface area (Å²) >= 11 is 14.7. The Morgan fingerprint density at radius 1 is 1.02 bits per heavy atom. The van der Waals surface area contributed by atoms with Crippen molar-refractivity contribution in [2.45, 2.75) is 43.6 Å². The van der Waals surface area contributed by atoms with E-state index in [1.807, 2.05) is 0 Å². The maximum Gasteiger partial charge on any atom is 0.407 e. The fourth-order valence-corrected chi connectivity index (χ4v) is 5.23. The summed E-state index contributed by atoms with van der Waals surface area (Å²) in [7, 11) is 1.25. The molecule has 2 aliphatic rings. The van der Waals surface area contributed by atoms with Crippen LogP contribution in [0.4, 0.5) is 9.59 Å². The smallest absolute Gasteiger partial charge is 0.407 e. The van der Waals surface area contributed by atoms with E-state index in [1.165, 1.54) is 18.1 Å². The van der Waals surface area contributed by atoms with Gasteiger partial charge < -0.3 is 35.1 Å². The molecular weight excluding hydrogens is 647 g/mol. The Morgan fingerprint density at radius 2 is 1.68 bits per heavy atom. The number of amides is 4. The van der Waals surface area contributed by atoms with E-state index in [0.29, 0.717) is 23.9 Å². The molecule has 1 aliphatic carbocycles. The SMILES string of the molecule is COC(=O)C1CCCN1C(=O)C1=CC(NC(=O)c2ccccc2Br)C(OC(=O)NCCCl)C(OC(=O)NCCCl)C1. The van der Waals surface area contributed by atoms with Crippen molar-refractivity contribution in [1.82, 2.24) is 20.9 Å². The van der Waals surface area contributed by atoms with Crippen LogP contribution in [0.1, 0.15) is 29.6 Å². The van der Waals surface area contributed by atoms with Crippen molar-refractivity contribution in [3.8, 4) is 0 Å². The molecule has 4 atom stereocenters. The normalized spacial score (nSPS) is 21.8. The number of halogens is 3. The Bertz CT molecular complexity index is 1170. The number of benzene rings is 1. The quantitative estimate of drug-likeness (QED) is 0.194. The van der Waals surface area contributed by atoms with E-state index in [9.17, 15) is 24.0 Å². The average molecular weight is 678 g/mol. The summed E-state index contributed by atoms with van der Waals surface area (Å²) in [5.74, 6) is -1.33. The lowest BCUT2D eigenvalue weighted by Gasteiger charge is -2.37. The van der Waals surface area contributed by atoms with Crippen LogP contribution in [-0.4, -0.2) is 97.7 Å². The van der Waals surface area contributed by atoms with Crippen LogP contribution in [0.3, 0.4) is 0 Å². The number of alkyl halides is 2. The van der Waals surface area contributed by atoms with Gasteiger partial charge in [-0.05, 0) is 47.0 Å². The highest BCUT2D eigenvalue weighted by molar-refractivity contribution is 9.10. The number of nitrogens with zero attached hydrogens (tertiary/aromatic N) is 1. The number of likely N-dealkylation sites (tertiary alicyclic amines) is 1. The Labute approximate surface area is 255 Å². The molecule has 41 heavy (non-hydrogen) atoms. The van der Waals surface area contributed by atoms with Crippen LogP contribution in [0, 0.1) is 0 Å². The fraction of sp³-hybridized carbons (Fsp3) is 0.500. The molecule has 15 heteroatoms. The van der Waals surface area contributed by atoms with Crippen molar-refractivity contribution in [1.29, 1.82) is 0 Å². The molecule has 12 nitrogen and oxygen atoms in total. The maximum atomic E-state index is 13.7. The molecule has 1 aromatic carbocycles. The second kappa shape index (κ2) is 15.8. The number of nitrogens with one attached hydrogen (secondary N) is 3. The third kappa shape index (κ3) is 8.73. The zero-order valence-electron chi connectivity index (χ0n) is 22.2. The standard InChI is InChI=1S/C26H31BrCl2N4O8/c1-39-24(36)19-7-4-12-33(19)23(35)15-13-18(32-22(34)16-5-2-3-6-17(16)27)21(41-26(38)31-11-9-29)20(14-15)40-25(37)30-10-8-28/h2-3,5-6,13,18-21H,4,7-12,14H2,1H3,(H,30,37)(H,31,38)(H,32,34). The summed E-state index contributed by atoms with van der Waals surface area (Å²) in [5.41, 5.74) is 0.446. The van der Waals surface area contributed by atoms with Gasteiger partial charge in [-0.25, -0.2) is 14.4 Å². The van der Waals surface area contributed by atoms with Crippen molar-refractivity contribution in [3.05, 3.63) is 46.0 Å². The van der Waals surface area contributed by atoms with E-state index in [-0.39, 0.29) is 42.4 Å². The average Bonchev–Trinajstić information content (AvgIpc) is 3.45. The largest absolute Gasteiger partial charge is 0.467 e. The third-order valence-electron chi connectivity index (χ3n) is 6.43. The predicted octanol–water partition coefficient (Wildman–Crippen LogP) is 2.71. The van der Waals surface area contributed by atoms with Crippen LogP contribution in [-0.2, 0) is 23.8 Å². The minimum absolute atomic E-state index is 0.103. The molecule has 0 aromatic heterocycles. The van der Waals surface area contributed by atoms with Crippen molar-refractivity contribution in [2.75, 3.05) is 38.5 Å². The number of ether oxygens (including phenoxy) is 3. The summed E-state index contributed by atoms with van der Waals surface area (Å²) < 4.78 is 16.6. The summed E-state index contributed by atoms with van der Waals surface area (Å²) in [6.07, 6.45) is -1.82. The number of carbonyl (C=O) groups is 5. The van der Waals surface area contributed by atoms with Gasteiger partial charge in [0.15, 0.2) is 6.10 Å². The highest BCUT2D eigenvalue weighted by Gasteiger charge is 2.44. The number of carbonyl (C=O) groups excluding carboxylic acids is 5.